The Hall–Kier alpha value is -0.160. The lowest BCUT2D eigenvalue weighted by molar-refractivity contribution is 0.218. The predicted molar refractivity (Wildman–Crippen MR) is 148 cm³/mol. The standard InChI is InChI=1S/C28H50O2S2/c1-26(2,3)23-20-24(27(4,5)12-10-16-31-18-14-29-8)22-25(21-23)28(6,7)13-11-17-32-19-15-30-9/h20-22H,10-19H2,1-9H3. The van der Waals surface area contributed by atoms with Crippen LogP contribution in [0.25, 0.3) is 0 Å². The van der Waals surface area contributed by atoms with E-state index in [2.05, 4.69) is 66.7 Å². The number of thioether (sulfide) groups is 2. The van der Waals surface area contributed by atoms with E-state index in [4.69, 9.17) is 9.47 Å². The van der Waals surface area contributed by atoms with E-state index in [-0.39, 0.29) is 16.2 Å². The highest BCUT2D eigenvalue weighted by Gasteiger charge is 2.28. The molecule has 4 heteroatoms. The normalized spacial score (nSPS) is 13.0. The van der Waals surface area contributed by atoms with E-state index in [0.717, 1.165) is 24.7 Å². The van der Waals surface area contributed by atoms with Gasteiger partial charge in [-0.2, -0.15) is 23.5 Å². The van der Waals surface area contributed by atoms with Crippen molar-refractivity contribution in [2.75, 3.05) is 50.4 Å². The van der Waals surface area contributed by atoms with Gasteiger partial charge in [-0.15, -0.1) is 0 Å². The summed E-state index contributed by atoms with van der Waals surface area (Å²) in [5.74, 6) is 4.62. The minimum absolute atomic E-state index is 0.156. The van der Waals surface area contributed by atoms with E-state index < -0.39 is 0 Å². The van der Waals surface area contributed by atoms with E-state index in [0.29, 0.717) is 0 Å². The third-order valence-corrected chi connectivity index (χ3v) is 8.47. The first-order valence-corrected chi connectivity index (χ1v) is 14.5. The van der Waals surface area contributed by atoms with E-state index >= 15 is 0 Å². The van der Waals surface area contributed by atoms with Gasteiger partial charge in [0.15, 0.2) is 0 Å². The molecule has 0 atom stereocenters. The van der Waals surface area contributed by atoms with Crippen molar-refractivity contribution in [3.05, 3.63) is 34.9 Å². The van der Waals surface area contributed by atoms with Gasteiger partial charge in [0.2, 0.25) is 0 Å². The lowest BCUT2D eigenvalue weighted by Gasteiger charge is -2.33. The van der Waals surface area contributed by atoms with Crippen LogP contribution in [0, 0.1) is 0 Å². The zero-order valence-electron chi connectivity index (χ0n) is 22.4. The van der Waals surface area contributed by atoms with Crippen LogP contribution in [0.5, 0.6) is 0 Å². The van der Waals surface area contributed by atoms with E-state index in [1.807, 2.05) is 23.5 Å². The topological polar surface area (TPSA) is 18.5 Å². The molecule has 2 nitrogen and oxygen atoms in total. The third kappa shape index (κ3) is 10.8. The number of benzene rings is 1. The first-order chi connectivity index (χ1) is 14.9. The highest BCUT2D eigenvalue weighted by molar-refractivity contribution is 7.99. The van der Waals surface area contributed by atoms with Gasteiger partial charge in [-0.25, -0.2) is 0 Å². The Labute approximate surface area is 208 Å². The van der Waals surface area contributed by atoms with Crippen LogP contribution in [0.1, 0.15) is 90.8 Å². The van der Waals surface area contributed by atoms with Gasteiger partial charge < -0.3 is 9.47 Å². The fourth-order valence-corrected chi connectivity index (χ4v) is 5.53. The summed E-state index contributed by atoms with van der Waals surface area (Å²) in [6.45, 7) is 18.4. The Bertz CT molecular complexity index is 601. The zero-order chi connectivity index (χ0) is 24.3. The summed E-state index contributed by atoms with van der Waals surface area (Å²) in [5.41, 5.74) is 5.00. The molecule has 0 unspecified atom stereocenters. The molecular formula is C28H50O2S2. The monoisotopic (exact) mass is 482 g/mol. The first kappa shape index (κ1) is 29.9. The molecule has 0 aliphatic rings. The second-order valence-corrected chi connectivity index (χ2v) is 13.7. The van der Waals surface area contributed by atoms with Crippen molar-refractivity contribution in [3.63, 3.8) is 0 Å². The van der Waals surface area contributed by atoms with Crippen molar-refractivity contribution in [2.45, 2.75) is 90.4 Å². The Balaban J connectivity index is 2.94. The highest BCUT2D eigenvalue weighted by atomic mass is 32.2. The molecule has 1 aromatic rings. The summed E-state index contributed by atoms with van der Waals surface area (Å²) in [6.07, 6.45) is 4.93. The van der Waals surface area contributed by atoms with E-state index in [9.17, 15) is 0 Å². The van der Waals surface area contributed by atoms with Gasteiger partial charge in [0.25, 0.3) is 0 Å². The maximum absolute atomic E-state index is 5.17. The van der Waals surface area contributed by atoms with E-state index in [1.165, 1.54) is 53.9 Å². The number of hydrogen-bond donors (Lipinski definition) is 0. The molecule has 1 rings (SSSR count). The van der Waals surface area contributed by atoms with Crippen molar-refractivity contribution >= 4 is 23.5 Å². The third-order valence-electron chi connectivity index (χ3n) is 6.41. The molecule has 0 amide bonds. The Morgan fingerprint density at radius 1 is 0.594 bits per heavy atom. The number of methoxy groups -OCH3 is 2. The van der Waals surface area contributed by atoms with Gasteiger partial charge in [-0.05, 0) is 70.1 Å². The molecule has 0 N–H and O–H groups in total. The van der Waals surface area contributed by atoms with Gasteiger partial charge in [0, 0.05) is 25.7 Å². The van der Waals surface area contributed by atoms with E-state index in [1.54, 1.807) is 14.2 Å². The summed E-state index contributed by atoms with van der Waals surface area (Å²) in [7, 11) is 3.57. The van der Waals surface area contributed by atoms with Crippen molar-refractivity contribution in [1.29, 1.82) is 0 Å². The lowest BCUT2D eigenvalue weighted by atomic mass is 9.72. The van der Waals surface area contributed by atoms with Crippen LogP contribution < -0.4 is 0 Å². The minimum atomic E-state index is 0.156. The van der Waals surface area contributed by atoms with Crippen LogP contribution in [0.15, 0.2) is 18.2 Å². The van der Waals surface area contributed by atoms with Gasteiger partial charge >= 0.3 is 0 Å². The summed E-state index contributed by atoms with van der Waals surface area (Å²) >= 11 is 4.02. The fraction of sp³-hybridized carbons (Fsp3) is 0.786. The molecule has 0 spiro atoms. The molecule has 32 heavy (non-hydrogen) atoms. The fourth-order valence-electron chi connectivity index (χ4n) is 3.85. The Kier molecular flexibility index (Phi) is 13.3. The quantitative estimate of drug-likeness (QED) is 0.223. The van der Waals surface area contributed by atoms with Crippen LogP contribution in [0.2, 0.25) is 0 Å². The molecule has 0 aliphatic carbocycles. The number of hydrogen-bond acceptors (Lipinski definition) is 4. The Morgan fingerprint density at radius 2 is 0.969 bits per heavy atom. The predicted octanol–water partition coefficient (Wildman–Crippen LogP) is 7.86. The molecule has 0 saturated carbocycles. The molecular weight excluding hydrogens is 432 g/mol. The second-order valence-electron chi connectivity index (χ2n) is 11.2. The van der Waals surface area contributed by atoms with Gasteiger partial charge in [-0.3, -0.25) is 0 Å². The highest BCUT2D eigenvalue weighted by Crippen LogP contribution is 2.38. The SMILES string of the molecule is COCCSCCCC(C)(C)c1cc(C(C)(C)C)cc(C(C)(C)CCCSCCOC)c1. The lowest BCUT2D eigenvalue weighted by Crippen LogP contribution is -2.24. The van der Waals surface area contributed by atoms with Crippen LogP contribution in [-0.2, 0) is 25.7 Å². The molecule has 0 bridgehead atoms. The number of ether oxygens (including phenoxy) is 2. The molecule has 0 radical (unpaired) electrons. The second kappa shape index (κ2) is 14.3. The van der Waals surface area contributed by atoms with Gasteiger partial charge in [-0.1, -0.05) is 66.7 Å². The molecule has 1 aromatic carbocycles. The molecule has 0 heterocycles. The summed E-state index contributed by atoms with van der Waals surface area (Å²) < 4.78 is 10.3. The van der Waals surface area contributed by atoms with Crippen molar-refractivity contribution < 1.29 is 9.47 Å². The van der Waals surface area contributed by atoms with Crippen molar-refractivity contribution in [3.8, 4) is 0 Å². The maximum atomic E-state index is 5.17. The van der Waals surface area contributed by atoms with Crippen LogP contribution in [-0.4, -0.2) is 50.4 Å². The maximum Gasteiger partial charge on any atom is 0.0552 e. The molecule has 0 fully saturated rings. The average molecular weight is 483 g/mol. The average Bonchev–Trinajstić information content (AvgIpc) is 2.72. The van der Waals surface area contributed by atoms with Crippen LogP contribution in [0.4, 0.5) is 0 Å². The summed E-state index contributed by atoms with van der Waals surface area (Å²) in [5, 5.41) is 0. The van der Waals surface area contributed by atoms with Crippen molar-refractivity contribution in [2.24, 2.45) is 0 Å². The summed E-state index contributed by atoms with van der Waals surface area (Å²) in [4.78, 5) is 0. The van der Waals surface area contributed by atoms with Crippen LogP contribution >= 0.6 is 23.5 Å². The molecule has 0 aromatic heterocycles. The smallest absolute Gasteiger partial charge is 0.0552 e. The largest absolute Gasteiger partial charge is 0.384 e. The van der Waals surface area contributed by atoms with Crippen LogP contribution in [0.3, 0.4) is 0 Å². The molecule has 0 saturated heterocycles. The van der Waals surface area contributed by atoms with Gasteiger partial charge in [0.05, 0.1) is 13.2 Å². The van der Waals surface area contributed by atoms with Crippen molar-refractivity contribution in [1.82, 2.24) is 0 Å². The number of rotatable bonds is 16. The molecule has 186 valence electrons. The molecule has 0 aliphatic heterocycles. The van der Waals surface area contributed by atoms with Gasteiger partial charge in [0.1, 0.15) is 0 Å². The Morgan fingerprint density at radius 3 is 1.31 bits per heavy atom. The first-order valence-electron chi connectivity index (χ1n) is 12.2. The summed E-state index contributed by atoms with van der Waals surface area (Å²) in [6, 6.07) is 7.49. The minimum Gasteiger partial charge on any atom is -0.384 e. The zero-order valence-corrected chi connectivity index (χ0v) is 24.1.